The van der Waals surface area contributed by atoms with E-state index >= 15 is 0 Å². The zero-order valence-electron chi connectivity index (χ0n) is 4.37. The highest BCUT2D eigenvalue weighted by Crippen LogP contribution is 2.13. The Balaban J connectivity index is 2.48. The quantitative estimate of drug-likeness (QED) is 0.386. The Morgan fingerprint density at radius 1 is 1.75 bits per heavy atom. The SMILES string of the molecule is O=S([O-])C1C=CCC1. The summed E-state index contributed by atoms with van der Waals surface area (Å²) >= 11 is -1.88. The Bertz CT molecular complexity index is 130. The monoisotopic (exact) mass is 131 g/mol. The first kappa shape index (κ1) is 5.98. The maximum Gasteiger partial charge on any atom is 0.0398 e. The summed E-state index contributed by atoms with van der Waals surface area (Å²) in [4.78, 5) is 0. The van der Waals surface area contributed by atoms with E-state index in [0.29, 0.717) is 0 Å². The van der Waals surface area contributed by atoms with E-state index in [0.717, 1.165) is 12.8 Å². The van der Waals surface area contributed by atoms with Gasteiger partial charge in [0.1, 0.15) is 0 Å². The van der Waals surface area contributed by atoms with Gasteiger partial charge < -0.3 is 4.55 Å². The predicted molar refractivity (Wildman–Crippen MR) is 31.1 cm³/mol. The van der Waals surface area contributed by atoms with E-state index in [1.165, 1.54) is 0 Å². The third kappa shape index (κ3) is 1.17. The van der Waals surface area contributed by atoms with Crippen molar-refractivity contribution in [1.82, 2.24) is 0 Å². The molecule has 0 amide bonds. The van der Waals surface area contributed by atoms with Crippen LogP contribution in [0.3, 0.4) is 0 Å². The number of allylic oxidation sites excluding steroid dienone is 1. The van der Waals surface area contributed by atoms with Crippen LogP contribution in [0.15, 0.2) is 12.2 Å². The molecule has 1 rings (SSSR count). The van der Waals surface area contributed by atoms with E-state index in [-0.39, 0.29) is 5.25 Å². The molecule has 0 aromatic rings. The topological polar surface area (TPSA) is 40.1 Å². The third-order valence-electron chi connectivity index (χ3n) is 1.22. The van der Waals surface area contributed by atoms with Crippen molar-refractivity contribution < 1.29 is 8.76 Å². The molecule has 0 aromatic heterocycles. The lowest BCUT2D eigenvalue weighted by molar-refractivity contribution is 0.528. The van der Waals surface area contributed by atoms with Crippen LogP contribution < -0.4 is 0 Å². The zero-order valence-corrected chi connectivity index (χ0v) is 5.19. The second-order valence-electron chi connectivity index (χ2n) is 1.80. The smallest absolute Gasteiger partial charge is 0.0398 e. The van der Waals surface area contributed by atoms with Crippen LogP contribution in [0.2, 0.25) is 0 Å². The Morgan fingerprint density at radius 2 is 2.50 bits per heavy atom. The van der Waals surface area contributed by atoms with Gasteiger partial charge in [-0.2, -0.15) is 0 Å². The van der Waals surface area contributed by atoms with Crippen molar-refractivity contribution in [3.05, 3.63) is 12.2 Å². The van der Waals surface area contributed by atoms with Crippen molar-refractivity contribution in [2.45, 2.75) is 18.1 Å². The van der Waals surface area contributed by atoms with E-state index in [2.05, 4.69) is 0 Å². The summed E-state index contributed by atoms with van der Waals surface area (Å²) in [5.74, 6) is 0. The molecule has 8 heavy (non-hydrogen) atoms. The lowest BCUT2D eigenvalue weighted by Gasteiger charge is -2.09. The number of hydrogen-bond donors (Lipinski definition) is 0. The second kappa shape index (κ2) is 2.42. The van der Waals surface area contributed by atoms with Crippen LogP contribution in [0.5, 0.6) is 0 Å². The zero-order chi connectivity index (χ0) is 5.98. The Labute approximate surface area is 50.9 Å². The van der Waals surface area contributed by atoms with Crippen LogP contribution in [0, 0.1) is 0 Å². The number of hydrogen-bond acceptors (Lipinski definition) is 2. The van der Waals surface area contributed by atoms with Crippen molar-refractivity contribution >= 4 is 11.1 Å². The molecule has 0 spiro atoms. The maximum absolute atomic E-state index is 10.2. The summed E-state index contributed by atoms with van der Waals surface area (Å²) in [7, 11) is 0. The molecule has 1 aliphatic carbocycles. The molecule has 2 nitrogen and oxygen atoms in total. The molecule has 0 bridgehead atoms. The van der Waals surface area contributed by atoms with Gasteiger partial charge in [-0.1, -0.05) is 12.2 Å². The molecule has 0 fully saturated rings. The lowest BCUT2D eigenvalue weighted by atomic mass is 10.4. The molecule has 1 aliphatic rings. The van der Waals surface area contributed by atoms with Gasteiger partial charge in [-0.15, -0.1) is 0 Å². The van der Waals surface area contributed by atoms with Crippen molar-refractivity contribution in [3.63, 3.8) is 0 Å². The fourth-order valence-corrected chi connectivity index (χ4v) is 1.33. The predicted octanol–water partition coefficient (Wildman–Crippen LogP) is 0.584. The highest BCUT2D eigenvalue weighted by Gasteiger charge is 2.07. The van der Waals surface area contributed by atoms with Crippen molar-refractivity contribution in [1.29, 1.82) is 0 Å². The van der Waals surface area contributed by atoms with Crippen LogP contribution in [0.1, 0.15) is 12.8 Å². The third-order valence-corrected chi connectivity index (χ3v) is 2.10. The largest absolute Gasteiger partial charge is 0.772 e. The first-order chi connectivity index (χ1) is 3.80. The molecular formula is C5H7O2S-. The maximum atomic E-state index is 10.2. The van der Waals surface area contributed by atoms with Crippen LogP contribution in [0.25, 0.3) is 0 Å². The van der Waals surface area contributed by atoms with Gasteiger partial charge in [-0.25, -0.2) is 0 Å². The molecule has 3 heteroatoms. The first-order valence-electron chi connectivity index (χ1n) is 2.55. The van der Waals surface area contributed by atoms with Gasteiger partial charge in [-0.05, 0) is 23.9 Å². The van der Waals surface area contributed by atoms with E-state index in [1.807, 2.05) is 6.08 Å². The highest BCUT2D eigenvalue weighted by molar-refractivity contribution is 7.80. The van der Waals surface area contributed by atoms with Crippen molar-refractivity contribution in [3.8, 4) is 0 Å². The molecule has 0 radical (unpaired) electrons. The van der Waals surface area contributed by atoms with E-state index in [9.17, 15) is 8.76 Å². The Morgan fingerprint density at radius 3 is 2.75 bits per heavy atom. The molecule has 0 aliphatic heterocycles. The molecule has 0 saturated heterocycles. The number of rotatable bonds is 1. The van der Waals surface area contributed by atoms with Gasteiger partial charge in [-0.3, -0.25) is 4.21 Å². The average Bonchev–Trinajstić information content (AvgIpc) is 2.12. The van der Waals surface area contributed by atoms with Crippen LogP contribution in [-0.2, 0) is 11.1 Å². The van der Waals surface area contributed by atoms with Gasteiger partial charge in [0.2, 0.25) is 0 Å². The average molecular weight is 131 g/mol. The summed E-state index contributed by atoms with van der Waals surface area (Å²) in [5, 5.41) is -0.199. The van der Waals surface area contributed by atoms with Gasteiger partial charge in [0.05, 0.1) is 0 Å². The van der Waals surface area contributed by atoms with Gasteiger partial charge in [0.25, 0.3) is 0 Å². The standard InChI is InChI=1S/C5H8O2S/c6-8(7)5-3-1-2-4-5/h1,3,5H,2,4H2,(H,6,7)/p-1. The molecule has 46 valence electrons. The molecule has 0 N–H and O–H groups in total. The lowest BCUT2D eigenvalue weighted by Crippen LogP contribution is -2.06. The van der Waals surface area contributed by atoms with Gasteiger partial charge in [0, 0.05) is 5.25 Å². The van der Waals surface area contributed by atoms with Crippen LogP contribution >= 0.6 is 0 Å². The highest BCUT2D eigenvalue weighted by atomic mass is 32.2. The van der Waals surface area contributed by atoms with Gasteiger partial charge in [0.15, 0.2) is 0 Å². The fraction of sp³-hybridized carbons (Fsp3) is 0.600. The van der Waals surface area contributed by atoms with Gasteiger partial charge >= 0.3 is 0 Å². The minimum absolute atomic E-state index is 0.199. The first-order valence-corrected chi connectivity index (χ1v) is 3.69. The molecule has 0 saturated carbocycles. The molecule has 2 unspecified atom stereocenters. The summed E-state index contributed by atoms with van der Waals surface area (Å²) in [5.41, 5.74) is 0. The summed E-state index contributed by atoms with van der Waals surface area (Å²) < 4.78 is 20.3. The Kier molecular flexibility index (Phi) is 1.81. The van der Waals surface area contributed by atoms with Crippen molar-refractivity contribution in [2.75, 3.05) is 0 Å². The second-order valence-corrected chi connectivity index (χ2v) is 2.93. The summed E-state index contributed by atoms with van der Waals surface area (Å²) in [6, 6.07) is 0. The molecule has 0 aromatic carbocycles. The summed E-state index contributed by atoms with van der Waals surface area (Å²) in [6.07, 6.45) is 5.33. The summed E-state index contributed by atoms with van der Waals surface area (Å²) in [6.45, 7) is 0. The van der Waals surface area contributed by atoms with E-state index in [4.69, 9.17) is 0 Å². The van der Waals surface area contributed by atoms with Crippen LogP contribution in [0.4, 0.5) is 0 Å². The van der Waals surface area contributed by atoms with E-state index < -0.39 is 11.1 Å². The molecule has 2 atom stereocenters. The molecular weight excluding hydrogens is 124 g/mol. The Hall–Kier alpha value is -0.150. The fourth-order valence-electron chi connectivity index (χ4n) is 0.765. The van der Waals surface area contributed by atoms with E-state index in [1.54, 1.807) is 6.08 Å². The van der Waals surface area contributed by atoms with Crippen molar-refractivity contribution in [2.24, 2.45) is 0 Å². The minimum atomic E-state index is -1.88. The normalized spacial score (nSPS) is 30.9. The van der Waals surface area contributed by atoms with Crippen LogP contribution in [-0.4, -0.2) is 14.0 Å². The minimum Gasteiger partial charge on any atom is -0.772 e. The molecule has 0 heterocycles.